The van der Waals surface area contributed by atoms with Gasteiger partial charge in [-0.2, -0.15) is 0 Å². The fourth-order valence-electron chi connectivity index (χ4n) is 2.10. The van der Waals surface area contributed by atoms with E-state index in [1.54, 1.807) is 0 Å². The molecule has 0 saturated heterocycles. The van der Waals surface area contributed by atoms with Gasteiger partial charge in [-0.15, -0.1) is 0 Å². The second-order valence-electron chi connectivity index (χ2n) is 5.37. The monoisotopic (exact) mass is 331 g/mol. The summed E-state index contributed by atoms with van der Waals surface area (Å²) in [5.41, 5.74) is 7.67. The van der Waals surface area contributed by atoms with Gasteiger partial charge in [0.1, 0.15) is 0 Å². The molecule has 0 radical (unpaired) electrons. The van der Waals surface area contributed by atoms with Crippen molar-refractivity contribution in [3.63, 3.8) is 0 Å². The first-order valence-corrected chi connectivity index (χ1v) is 11.4. The molecule has 0 spiro atoms. The molecular weight excluding hydrogens is 309 g/mol. The molecule has 0 heterocycles. The molecule has 0 aliphatic rings. The van der Waals surface area contributed by atoms with Crippen molar-refractivity contribution in [3.05, 3.63) is 59.7 Å². The molecule has 1 unspecified atom stereocenters. The summed E-state index contributed by atoms with van der Waals surface area (Å²) >= 11 is -0.824. The summed E-state index contributed by atoms with van der Waals surface area (Å²) in [4.78, 5) is 2.05. The number of hydrogen-bond donors (Lipinski definition) is 1. The van der Waals surface area contributed by atoms with Crippen molar-refractivity contribution in [1.82, 2.24) is 0 Å². The molecule has 3 heteroatoms. The predicted octanol–water partition coefficient (Wildman–Crippen LogP) is 2.80. The van der Waals surface area contributed by atoms with Crippen LogP contribution in [0.15, 0.2) is 48.5 Å². The maximum absolute atomic E-state index is 10.4. The molecule has 0 aliphatic carbocycles. The van der Waals surface area contributed by atoms with Gasteiger partial charge < -0.3 is 0 Å². The quantitative estimate of drug-likeness (QED) is 0.871. The van der Waals surface area contributed by atoms with Gasteiger partial charge in [0.2, 0.25) is 0 Å². The van der Waals surface area contributed by atoms with E-state index in [0.29, 0.717) is 0 Å². The van der Waals surface area contributed by atoms with E-state index in [1.165, 1.54) is 4.35 Å². The fourth-order valence-corrected chi connectivity index (χ4v) is 3.67. The normalized spacial score (nSPS) is 12.5. The molecule has 1 atom stereocenters. The zero-order valence-corrected chi connectivity index (χ0v) is 14.4. The molecule has 0 fully saturated rings. The van der Waals surface area contributed by atoms with E-state index in [9.17, 15) is 5.11 Å². The molecule has 106 valence electrons. The van der Waals surface area contributed by atoms with Crippen molar-refractivity contribution in [2.75, 3.05) is 19.0 Å². The SMILES string of the molecule is CN(C)c1ccc(C(O)c2ccc([As](C)C)cc2)cc1. The fraction of sp³-hybridized carbons (Fsp3) is 0.294. The minimum absolute atomic E-state index is 0.546. The van der Waals surface area contributed by atoms with E-state index in [0.717, 1.165) is 16.8 Å². The second kappa shape index (κ2) is 6.47. The van der Waals surface area contributed by atoms with Crippen LogP contribution in [0.1, 0.15) is 17.2 Å². The van der Waals surface area contributed by atoms with E-state index in [2.05, 4.69) is 40.6 Å². The first-order chi connectivity index (χ1) is 9.49. The zero-order chi connectivity index (χ0) is 14.7. The van der Waals surface area contributed by atoms with Crippen LogP contribution >= 0.6 is 0 Å². The Balaban J connectivity index is 2.19. The third kappa shape index (κ3) is 3.44. The summed E-state index contributed by atoms with van der Waals surface area (Å²) in [6, 6.07) is 16.5. The van der Waals surface area contributed by atoms with Crippen molar-refractivity contribution in [1.29, 1.82) is 0 Å². The summed E-state index contributed by atoms with van der Waals surface area (Å²) in [7, 11) is 4.03. The van der Waals surface area contributed by atoms with Crippen LogP contribution in [0.25, 0.3) is 0 Å². The molecule has 1 N–H and O–H groups in total. The van der Waals surface area contributed by atoms with Crippen LogP contribution in [0.4, 0.5) is 5.69 Å². The molecule has 0 saturated carbocycles. The van der Waals surface area contributed by atoms with Gasteiger partial charge in [0.15, 0.2) is 0 Å². The van der Waals surface area contributed by atoms with Crippen LogP contribution < -0.4 is 9.25 Å². The molecule has 2 aromatic carbocycles. The van der Waals surface area contributed by atoms with Crippen molar-refractivity contribution in [2.45, 2.75) is 17.5 Å². The van der Waals surface area contributed by atoms with Gasteiger partial charge in [-0.3, -0.25) is 0 Å². The van der Waals surface area contributed by atoms with Gasteiger partial charge >= 0.3 is 126 Å². The third-order valence-electron chi connectivity index (χ3n) is 3.45. The van der Waals surface area contributed by atoms with E-state index in [1.807, 2.05) is 38.4 Å². The average molecular weight is 331 g/mol. The Labute approximate surface area is 126 Å². The van der Waals surface area contributed by atoms with Crippen molar-refractivity contribution in [2.24, 2.45) is 0 Å². The van der Waals surface area contributed by atoms with Crippen LogP contribution in [-0.4, -0.2) is 33.9 Å². The molecule has 0 bridgehead atoms. The second-order valence-corrected chi connectivity index (χ2v) is 10.2. The van der Waals surface area contributed by atoms with Gasteiger partial charge in [0, 0.05) is 0 Å². The summed E-state index contributed by atoms with van der Waals surface area (Å²) in [5, 5.41) is 10.4. The van der Waals surface area contributed by atoms with Gasteiger partial charge in [0.25, 0.3) is 0 Å². The Bertz CT molecular complexity index is 495. The number of benzene rings is 2. The molecular formula is C17H22AsNO. The van der Waals surface area contributed by atoms with Gasteiger partial charge in [-0.25, -0.2) is 0 Å². The number of aliphatic hydroxyl groups excluding tert-OH is 1. The van der Waals surface area contributed by atoms with E-state index in [-0.39, 0.29) is 0 Å². The molecule has 0 aliphatic heterocycles. The number of rotatable bonds is 4. The topological polar surface area (TPSA) is 23.5 Å². The Morgan fingerprint density at radius 3 is 1.70 bits per heavy atom. The molecule has 2 nitrogen and oxygen atoms in total. The first kappa shape index (κ1) is 15.2. The molecule has 2 aromatic rings. The number of aliphatic hydroxyl groups is 1. The summed E-state index contributed by atoms with van der Waals surface area (Å²) in [5.74, 6) is 0. The Morgan fingerprint density at radius 2 is 1.30 bits per heavy atom. The third-order valence-corrected chi connectivity index (χ3v) is 6.24. The van der Waals surface area contributed by atoms with E-state index in [4.69, 9.17) is 0 Å². The molecule has 20 heavy (non-hydrogen) atoms. The maximum atomic E-state index is 10.4. The van der Waals surface area contributed by atoms with Crippen LogP contribution in [0, 0.1) is 0 Å². The number of nitrogens with zero attached hydrogens (tertiary/aromatic N) is 1. The predicted molar refractivity (Wildman–Crippen MR) is 88.4 cm³/mol. The van der Waals surface area contributed by atoms with Crippen LogP contribution in [-0.2, 0) is 0 Å². The minimum atomic E-state index is -0.824. The first-order valence-electron chi connectivity index (χ1n) is 6.71. The van der Waals surface area contributed by atoms with Gasteiger partial charge in [0.05, 0.1) is 0 Å². The number of hydrogen-bond acceptors (Lipinski definition) is 2. The molecule has 2 rings (SSSR count). The van der Waals surface area contributed by atoms with Crippen molar-refractivity contribution in [3.8, 4) is 0 Å². The zero-order valence-electron chi connectivity index (χ0n) is 12.5. The molecule has 0 amide bonds. The van der Waals surface area contributed by atoms with Crippen LogP contribution in [0.2, 0.25) is 11.4 Å². The summed E-state index contributed by atoms with van der Waals surface area (Å²) < 4.78 is 1.44. The van der Waals surface area contributed by atoms with E-state index >= 15 is 0 Å². The molecule has 0 aromatic heterocycles. The standard InChI is InChI=1S/C17H22AsNO/c1-18(2)15-9-5-13(6-10-15)17(20)14-7-11-16(12-8-14)19(3)4/h5-12,17,20H,1-4H3. The van der Waals surface area contributed by atoms with Crippen molar-refractivity contribution < 1.29 is 5.11 Å². The van der Waals surface area contributed by atoms with Crippen LogP contribution in [0.3, 0.4) is 0 Å². The Kier molecular flexibility index (Phi) is 4.90. The van der Waals surface area contributed by atoms with Crippen LogP contribution in [0.5, 0.6) is 0 Å². The van der Waals surface area contributed by atoms with Gasteiger partial charge in [-0.05, 0) is 0 Å². The number of anilines is 1. The Morgan fingerprint density at radius 1 is 0.850 bits per heavy atom. The summed E-state index contributed by atoms with van der Waals surface area (Å²) in [6.07, 6.45) is -0.546. The van der Waals surface area contributed by atoms with E-state index < -0.39 is 20.8 Å². The Hall–Kier alpha value is -1.24. The average Bonchev–Trinajstić information content (AvgIpc) is 2.46. The van der Waals surface area contributed by atoms with Crippen molar-refractivity contribution >= 4 is 24.7 Å². The van der Waals surface area contributed by atoms with Gasteiger partial charge in [-0.1, -0.05) is 0 Å². The summed E-state index contributed by atoms with van der Waals surface area (Å²) in [6.45, 7) is 0.